The van der Waals surface area contributed by atoms with E-state index in [2.05, 4.69) is 20.9 Å². The number of aromatic nitrogens is 1. The van der Waals surface area contributed by atoms with Crippen LogP contribution in [0.25, 0.3) is 0 Å². The fourth-order valence-corrected chi connectivity index (χ4v) is 2.56. The first-order valence-electron chi connectivity index (χ1n) is 3.85. The molecule has 0 aliphatic carbocycles. The van der Waals surface area contributed by atoms with Crippen molar-refractivity contribution in [2.75, 3.05) is 0 Å². The number of aliphatic carboxylic acids is 1. The fourth-order valence-electron chi connectivity index (χ4n) is 0.949. The topological polar surface area (TPSA) is 50.2 Å². The molecule has 0 spiro atoms. The highest BCUT2D eigenvalue weighted by atomic mass is 79.9. The van der Waals surface area contributed by atoms with Crippen molar-refractivity contribution >= 4 is 33.2 Å². The largest absolute Gasteiger partial charge is 0.481 e. The van der Waals surface area contributed by atoms with Crippen molar-refractivity contribution in [1.29, 1.82) is 0 Å². The van der Waals surface area contributed by atoms with E-state index in [-0.39, 0.29) is 5.92 Å². The molecule has 1 aromatic rings. The van der Waals surface area contributed by atoms with Crippen LogP contribution in [0.4, 0.5) is 0 Å². The Morgan fingerprint density at radius 3 is 2.77 bits per heavy atom. The molecule has 1 atom stereocenters. The molecule has 0 amide bonds. The first-order valence-corrected chi connectivity index (χ1v) is 5.46. The number of carbonyl (C=O) groups is 1. The van der Waals surface area contributed by atoms with Crippen LogP contribution in [-0.4, -0.2) is 16.1 Å². The van der Waals surface area contributed by atoms with Gasteiger partial charge in [-0.1, -0.05) is 6.92 Å². The third-order valence-corrected chi connectivity index (χ3v) is 3.42. The fraction of sp³-hybridized carbons (Fsp3) is 0.500. The molecular formula is C8H10BrNO2S. The number of aryl methyl sites for hydroxylation is 1. The molecule has 72 valence electrons. The van der Waals surface area contributed by atoms with Gasteiger partial charge in [-0.25, -0.2) is 4.98 Å². The van der Waals surface area contributed by atoms with Crippen LogP contribution in [0, 0.1) is 12.8 Å². The lowest BCUT2D eigenvalue weighted by Crippen LogP contribution is -2.12. The van der Waals surface area contributed by atoms with Gasteiger partial charge in [0.15, 0.2) is 0 Å². The van der Waals surface area contributed by atoms with Gasteiger partial charge in [0, 0.05) is 6.42 Å². The van der Waals surface area contributed by atoms with Crippen LogP contribution in [0.3, 0.4) is 0 Å². The van der Waals surface area contributed by atoms with Crippen LogP contribution in [-0.2, 0) is 11.2 Å². The molecule has 1 unspecified atom stereocenters. The van der Waals surface area contributed by atoms with Crippen molar-refractivity contribution in [3.63, 3.8) is 0 Å². The zero-order valence-corrected chi connectivity index (χ0v) is 9.78. The van der Waals surface area contributed by atoms with Crippen LogP contribution in [0.15, 0.2) is 3.79 Å². The highest BCUT2D eigenvalue weighted by molar-refractivity contribution is 9.11. The van der Waals surface area contributed by atoms with Gasteiger partial charge in [-0.15, -0.1) is 11.3 Å². The predicted octanol–water partition coefficient (Wildman–Crippen LogP) is 2.48. The first-order chi connectivity index (χ1) is 6.00. The summed E-state index contributed by atoms with van der Waals surface area (Å²) in [5.74, 6) is -1.16. The summed E-state index contributed by atoms with van der Waals surface area (Å²) in [6.07, 6.45) is 0.486. The zero-order valence-electron chi connectivity index (χ0n) is 7.37. The molecule has 0 saturated heterocycles. The summed E-state index contributed by atoms with van der Waals surface area (Å²) >= 11 is 4.89. The van der Waals surface area contributed by atoms with Gasteiger partial charge < -0.3 is 5.11 Å². The molecule has 0 saturated carbocycles. The molecule has 0 radical (unpaired) electrons. The molecule has 13 heavy (non-hydrogen) atoms. The summed E-state index contributed by atoms with van der Waals surface area (Å²) in [4.78, 5) is 14.8. The van der Waals surface area contributed by atoms with Gasteiger partial charge >= 0.3 is 5.97 Å². The quantitative estimate of drug-likeness (QED) is 0.912. The van der Waals surface area contributed by atoms with Crippen molar-refractivity contribution in [3.8, 4) is 0 Å². The van der Waals surface area contributed by atoms with E-state index in [1.165, 1.54) is 11.3 Å². The van der Waals surface area contributed by atoms with Crippen LogP contribution >= 0.6 is 27.3 Å². The Morgan fingerprint density at radius 1 is 1.77 bits per heavy atom. The van der Waals surface area contributed by atoms with Crippen LogP contribution in [0.1, 0.15) is 17.6 Å². The van der Waals surface area contributed by atoms with E-state index in [0.717, 1.165) is 14.5 Å². The maximum absolute atomic E-state index is 10.6. The number of nitrogens with zero attached hydrogens (tertiary/aromatic N) is 1. The molecule has 3 nitrogen and oxygen atoms in total. The Hall–Kier alpha value is -0.420. The average Bonchev–Trinajstić information content (AvgIpc) is 2.30. The third-order valence-electron chi connectivity index (χ3n) is 1.68. The van der Waals surface area contributed by atoms with E-state index in [1.807, 2.05) is 6.92 Å². The lowest BCUT2D eigenvalue weighted by atomic mass is 10.1. The molecule has 1 heterocycles. The van der Waals surface area contributed by atoms with Crippen molar-refractivity contribution < 1.29 is 9.90 Å². The highest BCUT2D eigenvalue weighted by Gasteiger charge is 2.15. The lowest BCUT2D eigenvalue weighted by molar-refractivity contribution is -0.141. The minimum absolute atomic E-state index is 0.377. The number of carboxylic acids is 1. The minimum atomic E-state index is -0.780. The van der Waals surface area contributed by atoms with E-state index in [9.17, 15) is 4.79 Å². The number of thiazole rings is 1. The summed E-state index contributed by atoms with van der Waals surface area (Å²) in [7, 11) is 0. The predicted molar refractivity (Wildman–Crippen MR) is 55.1 cm³/mol. The zero-order chi connectivity index (χ0) is 10.0. The second kappa shape index (κ2) is 4.19. The normalized spacial score (nSPS) is 12.8. The second-order valence-corrected chi connectivity index (χ2v) is 5.42. The molecular weight excluding hydrogens is 254 g/mol. The number of hydrogen-bond acceptors (Lipinski definition) is 3. The van der Waals surface area contributed by atoms with Gasteiger partial charge in [0.05, 0.1) is 20.4 Å². The molecule has 1 aromatic heterocycles. The van der Waals surface area contributed by atoms with E-state index >= 15 is 0 Å². The Balaban J connectivity index is 2.74. The van der Waals surface area contributed by atoms with E-state index in [0.29, 0.717) is 6.42 Å². The first kappa shape index (κ1) is 10.7. The lowest BCUT2D eigenvalue weighted by Gasteiger charge is -2.02. The van der Waals surface area contributed by atoms with Crippen molar-refractivity contribution in [1.82, 2.24) is 4.98 Å². The van der Waals surface area contributed by atoms with E-state index in [4.69, 9.17) is 5.11 Å². The van der Waals surface area contributed by atoms with Gasteiger partial charge in [0.1, 0.15) is 0 Å². The van der Waals surface area contributed by atoms with Gasteiger partial charge in [-0.05, 0) is 22.9 Å². The number of rotatable bonds is 3. The number of hydrogen-bond donors (Lipinski definition) is 1. The Morgan fingerprint density at radius 2 is 2.38 bits per heavy atom. The number of carboxylic acid groups (broad SMARTS) is 1. The van der Waals surface area contributed by atoms with E-state index < -0.39 is 5.97 Å². The summed E-state index contributed by atoms with van der Waals surface area (Å²) in [6, 6.07) is 0. The highest BCUT2D eigenvalue weighted by Crippen LogP contribution is 2.26. The SMILES string of the molecule is Cc1nc(CC(C)C(=O)O)c(Br)s1. The summed E-state index contributed by atoms with van der Waals surface area (Å²) in [5.41, 5.74) is 0.845. The van der Waals surface area contributed by atoms with Crippen molar-refractivity contribution in [3.05, 3.63) is 14.5 Å². The van der Waals surface area contributed by atoms with Crippen LogP contribution in [0.2, 0.25) is 0 Å². The molecule has 0 aliphatic heterocycles. The molecule has 1 rings (SSSR count). The Kier molecular flexibility index (Phi) is 3.44. The average molecular weight is 264 g/mol. The minimum Gasteiger partial charge on any atom is -0.481 e. The second-order valence-electron chi connectivity index (χ2n) is 2.90. The van der Waals surface area contributed by atoms with Gasteiger partial charge in [-0.2, -0.15) is 0 Å². The molecule has 5 heteroatoms. The van der Waals surface area contributed by atoms with Crippen molar-refractivity contribution in [2.24, 2.45) is 5.92 Å². The van der Waals surface area contributed by atoms with Gasteiger partial charge in [-0.3, -0.25) is 4.79 Å². The third kappa shape index (κ3) is 2.77. The van der Waals surface area contributed by atoms with E-state index in [1.54, 1.807) is 6.92 Å². The van der Waals surface area contributed by atoms with Crippen molar-refractivity contribution in [2.45, 2.75) is 20.3 Å². The monoisotopic (exact) mass is 263 g/mol. The van der Waals surface area contributed by atoms with Gasteiger partial charge in [0.2, 0.25) is 0 Å². The number of halogens is 1. The maximum atomic E-state index is 10.6. The van der Waals surface area contributed by atoms with Crippen LogP contribution in [0.5, 0.6) is 0 Å². The Labute approximate surface area is 88.9 Å². The molecule has 0 fully saturated rings. The van der Waals surface area contributed by atoms with Gasteiger partial charge in [0.25, 0.3) is 0 Å². The molecule has 0 aromatic carbocycles. The summed E-state index contributed by atoms with van der Waals surface area (Å²) < 4.78 is 0.943. The molecule has 1 N–H and O–H groups in total. The maximum Gasteiger partial charge on any atom is 0.306 e. The standard InChI is InChI=1S/C8H10BrNO2S/c1-4(8(11)12)3-6-7(9)13-5(2)10-6/h4H,3H2,1-2H3,(H,11,12). The Bertz CT molecular complexity index is 324. The molecule has 0 bridgehead atoms. The summed E-state index contributed by atoms with van der Waals surface area (Å²) in [5, 5.41) is 9.66. The summed E-state index contributed by atoms with van der Waals surface area (Å²) in [6.45, 7) is 3.59. The smallest absolute Gasteiger partial charge is 0.306 e. The molecule has 0 aliphatic rings. The van der Waals surface area contributed by atoms with Crippen LogP contribution < -0.4 is 0 Å².